The third-order valence-corrected chi connectivity index (χ3v) is 3.96. The van der Waals surface area contributed by atoms with Crippen LogP contribution in [0.1, 0.15) is 32.1 Å². The predicted octanol–water partition coefficient (Wildman–Crippen LogP) is 1.14. The Morgan fingerprint density at radius 3 is 2.59 bits per heavy atom. The molecule has 0 radical (unpaired) electrons. The fourth-order valence-corrected chi connectivity index (χ4v) is 2.73. The highest BCUT2D eigenvalue weighted by molar-refractivity contribution is 5.53. The van der Waals surface area contributed by atoms with Crippen molar-refractivity contribution < 1.29 is 14.3 Å². The smallest absolute Gasteiger partial charge is 0.123 e. The van der Waals surface area contributed by atoms with Gasteiger partial charge in [0.1, 0.15) is 6.29 Å². The molecule has 1 aliphatic carbocycles. The van der Waals surface area contributed by atoms with Crippen molar-refractivity contribution in [3.05, 3.63) is 0 Å². The number of rotatable bonds is 5. The maximum atomic E-state index is 10.6. The number of carbonyl (C=O) groups is 1. The van der Waals surface area contributed by atoms with Crippen LogP contribution < -0.4 is 5.32 Å². The Morgan fingerprint density at radius 1 is 1.24 bits per heavy atom. The first kappa shape index (κ1) is 13.0. The van der Waals surface area contributed by atoms with Crippen LogP contribution in [0.25, 0.3) is 0 Å². The second kappa shape index (κ2) is 6.47. The predicted molar refractivity (Wildman–Crippen MR) is 65.0 cm³/mol. The number of ether oxygens (including phenoxy) is 2. The molecule has 1 heterocycles. The molecule has 0 aromatic heterocycles. The zero-order chi connectivity index (χ0) is 12.1. The van der Waals surface area contributed by atoms with Gasteiger partial charge < -0.3 is 19.6 Å². The number of nitrogens with one attached hydrogen (secondary N) is 1. The molecule has 0 unspecified atom stereocenters. The van der Waals surface area contributed by atoms with E-state index in [1.54, 1.807) is 7.11 Å². The van der Waals surface area contributed by atoms with Crippen LogP contribution in [0.5, 0.6) is 0 Å². The summed E-state index contributed by atoms with van der Waals surface area (Å²) in [5.74, 6) is 0.275. The van der Waals surface area contributed by atoms with Crippen molar-refractivity contribution >= 4 is 6.29 Å². The summed E-state index contributed by atoms with van der Waals surface area (Å²) in [6, 6.07) is 0.434. The average molecular weight is 241 g/mol. The van der Waals surface area contributed by atoms with Crippen LogP contribution in [0.2, 0.25) is 0 Å². The molecule has 2 fully saturated rings. The molecule has 0 aromatic rings. The minimum Gasteiger partial charge on any atom is -0.380 e. The Morgan fingerprint density at radius 2 is 2.00 bits per heavy atom. The first-order chi connectivity index (χ1) is 8.31. The third-order valence-electron chi connectivity index (χ3n) is 3.96. The average Bonchev–Trinajstić information content (AvgIpc) is 2.85. The van der Waals surface area contributed by atoms with E-state index in [9.17, 15) is 4.79 Å². The first-order valence-electron chi connectivity index (χ1n) is 6.65. The maximum absolute atomic E-state index is 10.6. The number of hydrogen-bond acceptors (Lipinski definition) is 4. The summed E-state index contributed by atoms with van der Waals surface area (Å²) in [7, 11) is 1.76. The fraction of sp³-hybridized carbons (Fsp3) is 0.923. The summed E-state index contributed by atoms with van der Waals surface area (Å²) in [6.45, 7) is 1.71. The Balaban J connectivity index is 1.61. The lowest BCUT2D eigenvalue weighted by Crippen LogP contribution is -2.31. The van der Waals surface area contributed by atoms with Crippen molar-refractivity contribution in [2.75, 3.05) is 20.3 Å². The van der Waals surface area contributed by atoms with Crippen molar-refractivity contribution in [3.63, 3.8) is 0 Å². The van der Waals surface area contributed by atoms with E-state index in [0.717, 1.165) is 51.5 Å². The molecule has 4 nitrogen and oxygen atoms in total. The molecule has 1 saturated carbocycles. The Labute approximate surface area is 103 Å². The van der Waals surface area contributed by atoms with E-state index in [1.807, 2.05) is 0 Å². The lowest BCUT2D eigenvalue weighted by molar-refractivity contribution is -0.112. The Bertz CT molecular complexity index is 239. The number of hydrogen-bond donors (Lipinski definition) is 1. The zero-order valence-corrected chi connectivity index (χ0v) is 10.6. The van der Waals surface area contributed by atoms with Crippen LogP contribution in [-0.2, 0) is 14.3 Å². The molecule has 4 heteroatoms. The van der Waals surface area contributed by atoms with E-state index in [1.165, 1.54) is 0 Å². The minimum absolute atomic E-state index is 0.275. The van der Waals surface area contributed by atoms with Gasteiger partial charge in [-0.3, -0.25) is 0 Å². The molecule has 0 spiro atoms. The maximum Gasteiger partial charge on any atom is 0.123 e. The van der Waals surface area contributed by atoms with Gasteiger partial charge in [-0.05, 0) is 32.1 Å². The van der Waals surface area contributed by atoms with Gasteiger partial charge in [-0.1, -0.05) is 0 Å². The van der Waals surface area contributed by atoms with Gasteiger partial charge in [-0.25, -0.2) is 0 Å². The van der Waals surface area contributed by atoms with Gasteiger partial charge in [0, 0.05) is 25.6 Å². The zero-order valence-electron chi connectivity index (χ0n) is 10.6. The highest BCUT2D eigenvalue weighted by atomic mass is 16.5. The molecule has 2 rings (SSSR count). The van der Waals surface area contributed by atoms with E-state index in [4.69, 9.17) is 9.47 Å². The Kier molecular flexibility index (Phi) is 4.95. The first-order valence-corrected chi connectivity index (χ1v) is 6.65. The van der Waals surface area contributed by atoms with E-state index in [-0.39, 0.29) is 5.92 Å². The largest absolute Gasteiger partial charge is 0.380 e. The monoisotopic (exact) mass is 241 g/mol. The molecular formula is C13H23NO3. The van der Waals surface area contributed by atoms with E-state index in [2.05, 4.69) is 5.32 Å². The summed E-state index contributed by atoms with van der Waals surface area (Å²) in [4.78, 5) is 10.6. The fourth-order valence-electron chi connectivity index (χ4n) is 2.73. The van der Waals surface area contributed by atoms with Crippen molar-refractivity contribution in [2.45, 2.75) is 50.4 Å². The van der Waals surface area contributed by atoms with Crippen LogP contribution in [-0.4, -0.2) is 44.8 Å². The number of aldehydes is 1. The van der Waals surface area contributed by atoms with Crippen LogP contribution in [0.3, 0.4) is 0 Å². The van der Waals surface area contributed by atoms with Crippen LogP contribution in [0, 0.1) is 5.92 Å². The normalized spacial score (nSPS) is 38.2. The standard InChI is InChI=1S/C13H23NO3/c1-16-13-6-11(14-7-13)9-17-12-4-2-10(8-15)3-5-12/h8,10-14H,2-7,9H2,1H3/t10-,11-,12-,13-/m0/s1. The highest BCUT2D eigenvalue weighted by Crippen LogP contribution is 2.25. The van der Waals surface area contributed by atoms with Crippen molar-refractivity contribution in [3.8, 4) is 0 Å². The summed E-state index contributed by atoms with van der Waals surface area (Å²) in [6.07, 6.45) is 6.88. The van der Waals surface area contributed by atoms with E-state index >= 15 is 0 Å². The molecule has 1 N–H and O–H groups in total. The topological polar surface area (TPSA) is 47.6 Å². The molecule has 1 saturated heterocycles. The molecule has 0 amide bonds. The van der Waals surface area contributed by atoms with Crippen LogP contribution in [0.4, 0.5) is 0 Å². The summed E-state index contributed by atoms with van der Waals surface area (Å²) in [5, 5.41) is 3.41. The number of methoxy groups -OCH3 is 1. The molecular weight excluding hydrogens is 218 g/mol. The Hall–Kier alpha value is -0.450. The number of carbonyl (C=O) groups excluding carboxylic acids is 1. The quantitative estimate of drug-likeness (QED) is 0.733. The van der Waals surface area contributed by atoms with Crippen LogP contribution >= 0.6 is 0 Å². The second-order valence-corrected chi connectivity index (χ2v) is 5.20. The molecule has 17 heavy (non-hydrogen) atoms. The van der Waals surface area contributed by atoms with Crippen molar-refractivity contribution in [1.29, 1.82) is 0 Å². The van der Waals surface area contributed by atoms with E-state index in [0.29, 0.717) is 18.2 Å². The van der Waals surface area contributed by atoms with Gasteiger partial charge in [-0.15, -0.1) is 0 Å². The van der Waals surface area contributed by atoms with Gasteiger partial charge >= 0.3 is 0 Å². The molecule has 2 atom stereocenters. The van der Waals surface area contributed by atoms with Gasteiger partial charge in [0.2, 0.25) is 0 Å². The van der Waals surface area contributed by atoms with Gasteiger partial charge in [0.15, 0.2) is 0 Å². The molecule has 0 bridgehead atoms. The van der Waals surface area contributed by atoms with Crippen LogP contribution in [0.15, 0.2) is 0 Å². The molecule has 0 aromatic carbocycles. The summed E-state index contributed by atoms with van der Waals surface area (Å²) >= 11 is 0. The van der Waals surface area contributed by atoms with Crippen molar-refractivity contribution in [1.82, 2.24) is 5.32 Å². The second-order valence-electron chi connectivity index (χ2n) is 5.20. The highest BCUT2D eigenvalue weighted by Gasteiger charge is 2.26. The molecule has 2 aliphatic rings. The summed E-state index contributed by atoms with van der Waals surface area (Å²) < 4.78 is 11.2. The van der Waals surface area contributed by atoms with Gasteiger partial charge in [-0.2, -0.15) is 0 Å². The van der Waals surface area contributed by atoms with Gasteiger partial charge in [0.05, 0.1) is 18.8 Å². The molecule has 1 aliphatic heterocycles. The van der Waals surface area contributed by atoms with E-state index < -0.39 is 0 Å². The lowest BCUT2D eigenvalue weighted by Gasteiger charge is -2.26. The SMILES string of the molecule is CO[C@@H]1CN[C@H](CO[C@H]2CC[C@H](C=O)CC2)C1. The van der Waals surface area contributed by atoms with Crippen molar-refractivity contribution in [2.24, 2.45) is 5.92 Å². The lowest BCUT2D eigenvalue weighted by atomic mass is 9.88. The summed E-state index contributed by atoms with van der Waals surface area (Å²) in [5.41, 5.74) is 0. The third kappa shape index (κ3) is 3.76. The van der Waals surface area contributed by atoms with Gasteiger partial charge in [0.25, 0.3) is 0 Å². The molecule has 98 valence electrons. The minimum atomic E-state index is 0.275.